The van der Waals surface area contributed by atoms with Gasteiger partial charge in [-0.1, -0.05) is 12.5 Å². The summed E-state index contributed by atoms with van der Waals surface area (Å²) in [4.78, 5) is 11.5. The maximum Gasteiger partial charge on any atom is 0.306 e. The Morgan fingerprint density at radius 2 is 2.00 bits per heavy atom. The molecule has 0 heterocycles. The topological polar surface area (TPSA) is 52.3 Å². The molecule has 0 bridgehead atoms. The van der Waals surface area contributed by atoms with Crippen molar-refractivity contribution in [2.75, 3.05) is 13.7 Å². The third kappa shape index (κ3) is 5.37. The maximum absolute atomic E-state index is 13.3. The highest BCUT2D eigenvalue weighted by atomic mass is 19.2. The second kappa shape index (κ2) is 9.51. The lowest BCUT2D eigenvalue weighted by molar-refractivity contribution is -0.144. The number of halogens is 2. The Kier molecular flexibility index (Phi) is 8.02. The average Bonchev–Trinajstić information content (AvgIpc) is 2.52. The second-order valence-electron chi connectivity index (χ2n) is 5.41. The van der Waals surface area contributed by atoms with E-state index in [1.807, 2.05) is 0 Å². The van der Waals surface area contributed by atoms with E-state index in [1.54, 1.807) is 13.0 Å². The smallest absolute Gasteiger partial charge is 0.306 e. The highest BCUT2D eigenvalue weighted by molar-refractivity contribution is 5.69. The van der Waals surface area contributed by atoms with Gasteiger partial charge in [0, 0.05) is 6.42 Å². The van der Waals surface area contributed by atoms with Crippen LogP contribution in [0.25, 0.3) is 0 Å². The van der Waals surface area contributed by atoms with E-state index in [0.29, 0.717) is 13.0 Å². The van der Waals surface area contributed by atoms with E-state index in [0.717, 1.165) is 31.2 Å². The third-order valence-corrected chi connectivity index (χ3v) is 3.96. The predicted octanol–water partition coefficient (Wildman–Crippen LogP) is 3.77. The summed E-state index contributed by atoms with van der Waals surface area (Å²) in [5, 5.41) is 0. The number of carbonyl (C=O) groups is 1. The number of carbonyl (C=O) groups excluding carboxylic acids is 1. The van der Waals surface area contributed by atoms with Gasteiger partial charge >= 0.3 is 5.97 Å². The number of ether oxygens (including phenoxy) is 1. The zero-order valence-electron chi connectivity index (χ0n) is 13.3. The van der Waals surface area contributed by atoms with Gasteiger partial charge in [-0.3, -0.25) is 4.79 Å². The summed E-state index contributed by atoms with van der Waals surface area (Å²) >= 11 is 0. The van der Waals surface area contributed by atoms with Crippen LogP contribution in [0, 0.1) is 17.6 Å². The van der Waals surface area contributed by atoms with Crippen LogP contribution in [0.1, 0.15) is 50.5 Å². The van der Waals surface area contributed by atoms with Crippen LogP contribution in [-0.2, 0) is 9.53 Å². The van der Waals surface area contributed by atoms with E-state index < -0.39 is 11.6 Å². The molecule has 2 N–H and O–H groups in total. The highest BCUT2D eigenvalue weighted by Gasteiger charge is 2.25. The van der Waals surface area contributed by atoms with E-state index in [-0.39, 0.29) is 17.8 Å². The van der Waals surface area contributed by atoms with Crippen molar-refractivity contribution in [1.82, 2.24) is 0 Å². The first-order valence-electron chi connectivity index (χ1n) is 7.78. The van der Waals surface area contributed by atoms with Gasteiger partial charge in [0.25, 0.3) is 0 Å². The molecule has 0 saturated heterocycles. The fourth-order valence-electron chi connectivity index (χ4n) is 3.00. The molecule has 1 aliphatic rings. The van der Waals surface area contributed by atoms with Gasteiger partial charge in [0.1, 0.15) is 0 Å². The predicted molar refractivity (Wildman–Crippen MR) is 82.4 cm³/mol. The largest absolute Gasteiger partial charge is 0.466 e. The molecule has 2 unspecified atom stereocenters. The Bertz CT molecular complexity index is 480. The molecular weight excluding hydrogens is 288 g/mol. The molecule has 0 radical (unpaired) electrons. The molecule has 3 nitrogen and oxygen atoms in total. The van der Waals surface area contributed by atoms with Gasteiger partial charge in [0.05, 0.1) is 6.61 Å². The third-order valence-electron chi connectivity index (χ3n) is 3.96. The van der Waals surface area contributed by atoms with Crippen LogP contribution in [0.2, 0.25) is 0 Å². The van der Waals surface area contributed by atoms with Gasteiger partial charge in [-0.15, -0.1) is 0 Å². The van der Waals surface area contributed by atoms with Crippen LogP contribution in [0.4, 0.5) is 8.78 Å². The molecule has 0 aliphatic heterocycles. The Morgan fingerprint density at radius 1 is 1.27 bits per heavy atom. The lowest BCUT2D eigenvalue weighted by Gasteiger charge is -2.29. The number of nitrogens with two attached hydrogens (primary N) is 1. The molecule has 1 aromatic carbocycles. The Labute approximate surface area is 130 Å². The lowest BCUT2D eigenvalue weighted by Crippen LogP contribution is -2.19. The van der Waals surface area contributed by atoms with Gasteiger partial charge in [0.15, 0.2) is 11.6 Å². The number of benzene rings is 1. The molecule has 124 valence electrons. The normalized spacial score (nSPS) is 20.8. The van der Waals surface area contributed by atoms with Crippen molar-refractivity contribution in [1.29, 1.82) is 0 Å². The van der Waals surface area contributed by atoms with Crippen LogP contribution in [0.15, 0.2) is 18.2 Å². The number of hydrogen-bond donors (Lipinski definition) is 1. The molecule has 0 amide bonds. The molecule has 2 atom stereocenters. The van der Waals surface area contributed by atoms with E-state index in [2.05, 4.69) is 5.73 Å². The SMILES string of the molecule is CCOC(=O)CC1CCCC(c2ccc(F)c(F)c2)C1.CN. The number of rotatable bonds is 4. The molecule has 1 saturated carbocycles. The summed E-state index contributed by atoms with van der Waals surface area (Å²) in [5.41, 5.74) is 5.33. The van der Waals surface area contributed by atoms with Crippen LogP contribution in [-0.4, -0.2) is 19.6 Å². The number of esters is 1. The fraction of sp³-hybridized carbons (Fsp3) is 0.588. The van der Waals surface area contributed by atoms with Crippen molar-refractivity contribution >= 4 is 5.97 Å². The van der Waals surface area contributed by atoms with Crippen molar-refractivity contribution in [3.05, 3.63) is 35.4 Å². The summed E-state index contributed by atoms with van der Waals surface area (Å²) in [6.07, 6.45) is 4.23. The summed E-state index contributed by atoms with van der Waals surface area (Å²) in [7, 11) is 1.50. The molecule has 1 aliphatic carbocycles. The van der Waals surface area contributed by atoms with Crippen molar-refractivity contribution in [3.8, 4) is 0 Å². The van der Waals surface area contributed by atoms with Gasteiger partial charge in [-0.25, -0.2) is 8.78 Å². The molecule has 0 aromatic heterocycles. The molecule has 0 spiro atoms. The fourth-order valence-corrected chi connectivity index (χ4v) is 3.00. The second-order valence-corrected chi connectivity index (χ2v) is 5.41. The van der Waals surface area contributed by atoms with Crippen molar-refractivity contribution in [2.45, 2.75) is 44.9 Å². The first-order chi connectivity index (χ1) is 10.6. The summed E-state index contributed by atoms with van der Waals surface area (Å²) in [6.45, 7) is 2.20. The van der Waals surface area contributed by atoms with E-state index in [9.17, 15) is 13.6 Å². The Morgan fingerprint density at radius 3 is 2.64 bits per heavy atom. The van der Waals surface area contributed by atoms with Crippen LogP contribution < -0.4 is 5.73 Å². The molecule has 1 fully saturated rings. The van der Waals surface area contributed by atoms with E-state index in [4.69, 9.17) is 4.74 Å². The number of hydrogen-bond acceptors (Lipinski definition) is 3. The zero-order chi connectivity index (χ0) is 16.5. The van der Waals surface area contributed by atoms with Crippen molar-refractivity contribution < 1.29 is 18.3 Å². The standard InChI is InChI=1S/C16H20F2O2.CH5N/c1-2-20-16(19)9-11-4-3-5-12(8-11)13-6-7-14(17)15(18)10-13;1-2/h6-7,10-12H,2-5,8-9H2,1H3;2H2,1H3. The molecule has 2 rings (SSSR count). The first kappa shape index (κ1) is 18.6. The van der Waals surface area contributed by atoms with E-state index in [1.165, 1.54) is 19.2 Å². The van der Waals surface area contributed by atoms with Crippen molar-refractivity contribution in [2.24, 2.45) is 11.7 Å². The minimum absolute atomic E-state index is 0.163. The molecular formula is C17H25F2NO2. The maximum atomic E-state index is 13.3. The average molecular weight is 313 g/mol. The van der Waals surface area contributed by atoms with Crippen LogP contribution >= 0.6 is 0 Å². The van der Waals surface area contributed by atoms with Gasteiger partial charge in [-0.2, -0.15) is 0 Å². The molecule has 22 heavy (non-hydrogen) atoms. The summed E-state index contributed by atoms with van der Waals surface area (Å²) < 4.78 is 31.2. The Balaban J connectivity index is 0.00000116. The van der Waals surface area contributed by atoms with Gasteiger partial charge in [0.2, 0.25) is 0 Å². The molecule has 1 aromatic rings. The minimum Gasteiger partial charge on any atom is -0.466 e. The van der Waals surface area contributed by atoms with Crippen molar-refractivity contribution in [3.63, 3.8) is 0 Å². The first-order valence-corrected chi connectivity index (χ1v) is 7.78. The van der Waals surface area contributed by atoms with E-state index >= 15 is 0 Å². The highest BCUT2D eigenvalue weighted by Crippen LogP contribution is 2.38. The summed E-state index contributed by atoms with van der Waals surface area (Å²) in [5.74, 6) is -1.29. The lowest BCUT2D eigenvalue weighted by atomic mass is 9.77. The summed E-state index contributed by atoms with van der Waals surface area (Å²) in [6, 6.07) is 4.11. The van der Waals surface area contributed by atoms with Gasteiger partial charge in [-0.05, 0) is 62.8 Å². The quantitative estimate of drug-likeness (QED) is 0.861. The molecule has 5 heteroatoms. The van der Waals surface area contributed by atoms with Crippen LogP contribution in [0.3, 0.4) is 0 Å². The minimum atomic E-state index is -0.812. The Hall–Kier alpha value is -1.49. The monoisotopic (exact) mass is 313 g/mol. The van der Waals surface area contributed by atoms with Gasteiger partial charge < -0.3 is 10.5 Å². The zero-order valence-corrected chi connectivity index (χ0v) is 13.3. The van der Waals surface area contributed by atoms with Crippen LogP contribution in [0.5, 0.6) is 0 Å².